The van der Waals surface area contributed by atoms with Crippen LogP contribution in [0.3, 0.4) is 0 Å². The highest BCUT2D eigenvalue weighted by Crippen LogP contribution is 2.15. The minimum Gasteiger partial charge on any atom is -0.341 e. The Hall–Kier alpha value is -0.0900. The normalized spacial score (nSPS) is 20.4. The summed E-state index contributed by atoms with van der Waals surface area (Å²) in [5.41, 5.74) is 0. The van der Waals surface area contributed by atoms with Gasteiger partial charge < -0.3 is 9.80 Å². The number of alkyl halides is 1. The van der Waals surface area contributed by atoms with Crippen LogP contribution >= 0.6 is 15.9 Å². The van der Waals surface area contributed by atoms with E-state index in [1.54, 1.807) is 0 Å². The van der Waals surface area contributed by atoms with Crippen molar-refractivity contribution in [3.8, 4) is 0 Å². The smallest absolute Gasteiger partial charge is 0.225 e. The molecule has 3 nitrogen and oxygen atoms in total. The van der Waals surface area contributed by atoms with Gasteiger partial charge in [0.1, 0.15) is 0 Å². The highest BCUT2D eigenvalue weighted by molar-refractivity contribution is 9.09. The molecular formula is C13H25BrN2O. The lowest BCUT2D eigenvalue weighted by Gasteiger charge is -2.26. The van der Waals surface area contributed by atoms with Crippen LogP contribution in [-0.4, -0.2) is 53.8 Å². The molecule has 1 atom stereocenters. The molecule has 1 aliphatic heterocycles. The molecule has 100 valence electrons. The predicted octanol–water partition coefficient (Wildman–Crippen LogP) is 2.21. The average molecular weight is 305 g/mol. The Labute approximate surface area is 114 Å². The zero-order valence-electron chi connectivity index (χ0n) is 11.3. The molecule has 1 saturated heterocycles. The van der Waals surface area contributed by atoms with Crippen LogP contribution in [0.5, 0.6) is 0 Å². The number of rotatable bonds is 4. The summed E-state index contributed by atoms with van der Waals surface area (Å²) >= 11 is 3.47. The highest BCUT2D eigenvalue weighted by Gasteiger charge is 2.24. The first-order valence-corrected chi connectivity index (χ1v) is 7.75. The van der Waals surface area contributed by atoms with Gasteiger partial charge in [0.05, 0.1) is 0 Å². The lowest BCUT2D eigenvalue weighted by atomic mass is 9.96. The Balaban J connectivity index is 2.48. The SMILES string of the molecule is CC(C)C(C)C(=O)N1CCCN(CCBr)CC1. The van der Waals surface area contributed by atoms with Crippen molar-refractivity contribution in [2.45, 2.75) is 27.2 Å². The third-order valence-electron chi connectivity index (χ3n) is 3.69. The second kappa shape index (κ2) is 7.37. The summed E-state index contributed by atoms with van der Waals surface area (Å²) in [5.74, 6) is 0.919. The summed E-state index contributed by atoms with van der Waals surface area (Å²) in [4.78, 5) is 16.7. The topological polar surface area (TPSA) is 23.6 Å². The molecule has 1 fully saturated rings. The van der Waals surface area contributed by atoms with E-state index in [0.29, 0.717) is 11.8 Å². The van der Waals surface area contributed by atoms with Gasteiger partial charge in [0.2, 0.25) is 5.91 Å². The van der Waals surface area contributed by atoms with Gasteiger partial charge in [0.25, 0.3) is 0 Å². The van der Waals surface area contributed by atoms with Crippen molar-refractivity contribution in [1.82, 2.24) is 9.80 Å². The van der Waals surface area contributed by atoms with E-state index in [9.17, 15) is 4.79 Å². The minimum absolute atomic E-state index is 0.151. The standard InChI is InChI=1S/C13H25BrN2O/c1-11(2)12(3)13(17)16-7-4-6-15(8-5-14)9-10-16/h11-12H,4-10H2,1-3H3. The number of halogens is 1. The second-order valence-electron chi connectivity index (χ2n) is 5.24. The van der Waals surface area contributed by atoms with Crippen molar-refractivity contribution in [2.75, 3.05) is 38.1 Å². The maximum Gasteiger partial charge on any atom is 0.225 e. The first kappa shape index (κ1) is 15.0. The summed E-state index contributed by atoms with van der Waals surface area (Å²) in [6.45, 7) is 11.3. The number of carbonyl (C=O) groups is 1. The van der Waals surface area contributed by atoms with Gasteiger partial charge in [0, 0.05) is 37.4 Å². The Bertz CT molecular complexity index is 246. The van der Waals surface area contributed by atoms with Crippen molar-refractivity contribution in [3.63, 3.8) is 0 Å². The van der Waals surface area contributed by atoms with Crippen LogP contribution in [0, 0.1) is 11.8 Å². The van der Waals surface area contributed by atoms with Crippen LogP contribution in [0.4, 0.5) is 0 Å². The van der Waals surface area contributed by atoms with Crippen LogP contribution < -0.4 is 0 Å². The maximum absolute atomic E-state index is 12.3. The molecule has 0 radical (unpaired) electrons. The second-order valence-corrected chi connectivity index (χ2v) is 6.04. The van der Waals surface area contributed by atoms with Crippen molar-refractivity contribution in [1.29, 1.82) is 0 Å². The molecule has 0 aliphatic carbocycles. The fourth-order valence-electron chi connectivity index (χ4n) is 2.11. The number of hydrogen-bond donors (Lipinski definition) is 0. The van der Waals surface area contributed by atoms with E-state index in [-0.39, 0.29) is 5.92 Å². The molecule has 0 bridgehead atoms. The Morgan fingerprint density at radius 2 is 1.88 bits per heavy atom. The minimum atomic E-state index is 0.151. The van der Waals surface area contributed by atoms with Crippen molar-refractivity contribution in [3.05, 3.63) is 0 Å². The van der Waals surface area contributed by atoms with Gasteiger partial charge in [-0.15, -0.1) is 0 Å². The molecule has 4 heteroatoms. The van der Waals surface area contributed by atoms with Crippen molar-refractivity contribution >= 4 is 21.8 Å². The molecule has 0 spiro atoms. The monoisotopic (exact) mass is 304 g/mol. The molecule has 1 rings (SSSR count). The van der Waals surface area contributed by atoms with Gasteiger partial charge in [-0.25, -0.2) is 0 Å². The lowest BCUT2D eigenvalue weighted by Crippen LogP contribution is -2.39. The fourth-order valence-corrected chi connectivity index (χ4v) is 2.61. The molecule has 1 heterocycles. The third kappa shape index (κ3) is 4.59. The van der Waals surface area contributed by atoms with Gasteiger partial charge in [-0.3, -0.25) is 4.79 Å². The maximum atomic E-state index is 12.3. The van der Waals surface area contributed by atoms with E-state index >= 15 is 0 Å². The first-order chi connectivity index (χ1) is 8.06. The lowest BCUT2D eigenvalue weighted by molar-refractivity contribution is -0.136. The number of nitrogens with zero attached hydrogens (tertiary/aromatic N) is 2. The van der Waals surface area contributed by atoms with Gasteiger partial charge in [0.15, 0.2) is 0 Å². The molecule has 0 aromatic carbocycles. The van der Waals surface area contributed by atoms with Gasteiger partial charge in [-0.2, -0.15) is 0 Å². The fraction of sp³-hybridized carbons (Fsp3) is 0.923. The average Bonchev–Trinajstić information content (AvgIpc) is 2.53. The van der Waals surface area contributed by atoms with Gasteiger partial charge >= 0.3 is 0 Å². The van der Waals surface area contributed by atoms with Crippen molar-refractivity contribution in [2.24, 2.45) is 11.8 Å². The van der Waals surface area contributed by atoms with Gasteiger partial charge in [-0.1, -0.05) is 36.7 Å². The zero-order valence-corrected chi connectivity index (χ0v) is 12.9. The molecular weight excluding hydrogens is 280 g/mol. The quantitative estimate of drug-likeness (QED) is 0.744. The van der Waals surface area contributed by atoms with Gasteiger partial charge in [-0.05, 0) is 18.9 Å². The number of hydrogen-bond acceptors (Lipinski definition) is 2. The summed E-state index contributed by atoms with van der Waals surface area (Å²) in [6.07, 6.45) is 1.10. The van der Waals surface area contributed by atoms with E-state index in [1.165, 1.54) is 0 Å². The molecule has 0 aromatic heterocycles. The van der Waals surface area contributed by atoms with Crippen LogP contribution in [0.1, 0.15) is 27.2 Å². The van der Waals surface area contributed by atoms with E-state index in [1.807, 2.05) is 6.92 Å². The number of amides is 1. The zero-order chi connectivity index (χ0) is 12.8. The molecule has 0 N–H and O–H groups in total. The molecule has 0 saturated carbocycles. The largest absolute Gasteiger partial charge is 0.341 e. The Morgan fingerprint density at radius 3 is 2.47 bits per heavy atom. The molecule has 1 aliphatic rings. The van der Waals surface area contributed by atoms with E-state index < -0.39 is 0 Å². The predicted molar refractivity (Wildman–Crippen MR) is 75.4 cm³/mol. The molecule has 17 heavy (non-hydrogen) atoms. The van der Waals surface area contributed by atoms with Crippen LogP contribution in [0.2, 0.25) is 0 Å². The molecule has 1 amide bonds. The van der Waals surface area contributed by atoms with Crippen LogP contribution in [-0.2, 0) is 4.79 Å². The molecule has 0 aromatic rings. The van der Waals surface area contributed by atoms with E-state index in [0.717, 1.165) is 44.5 Å². The third-order valence-corrected chi connectivity index (χ3v) is 4.05. The summed E-state index contributed by atoms with van der Waals surface area (Å²) in [7, 11) is 0. The Morgan fingerprint density at radius 1 is 1.18 bits per heavy atom. The molecule has 1 unspecified atom stereocenters. The summed E-state index contributed by atoms with van der Waals surface area (Å²) < 4.78 is 0. The first-order valence-electron chi connectivity index (χ1n) is 6.63. The van der Waals surface area contributed by atoms with Crippen molar-refractivity contribution < 1.29 is 4.79 Å². The van der Waals surface area contributed by atoms with E-state index in [4.69, 9.17) is 0 Å². The van der Waals surface area contributed by atoms with Crippen LogP contribution in [0.15, 0.2) is 0 Å². The highest BCUT2D eigenvalue weighted by atomic mass is 79.9. The Kier molecular flexibility index (Phi) is 6.49. The van der Waals surface area contributed by atoms with Crippen LogP contribution in [0.25, 0.3) is 0 Å². The number of carbonyl (C=O) groups excluding carboxylic acids is 1. The van der Waals surface area contributed by atoms with E-state index in [2.05, 4.69) is 39.6 Å². The summed E-state index contributed by atoms with van der Waals surface area (Å²) in [5, 5.41) is 1.02. The summed E-state index contributed by atoms with van der Waals surface area (Å²) in [6, 6.07) is 0.